The van der Waals surface area contributed by atoms with Gasteiger partial charge in [-0.05, 0) is 60.0 Å². The topological polar surface area (TPSA) is 166 Å². The predicted octanol–water partition coefficient (Wildman–Crippen LogP) is 1.60. The summed E-state index contributed by atoms with van der Waals surface area (Å²) in [5.74, 6) is -0.883. The number of carbonyl (C=O) groups is 1. The standard InChI is InChI=1S/C20H25ClN4O6S/c1-13-11-16(7-8-17(13)21)32(28,29)25-18(19(26)27)12-14-3-5-15(6-4-14)30-9-2-10-31-24-20(22)23/h3-8,11,18,25H,2,9-10,12H2,1H3,(H,26,27)(H4,22,23,24)/t18-/m0/s1. The van der Waals surface area contributed by atoms with Gasteiger partial charge in [0.25, 0.3) is 0 Å². The molecule has 0 spiro atoms. The Morgan fingerprint density at radius 1 is 1.19 bits per heavy atom. The van der Waals surface area contributed by atoms with Gasteiger partial charge in [-0.15, -0.1) is 0 Å². The maximum atomic E-state index is 12.6. The Morgan fingerprint density at radius 2 is 1.88 bits per heavy atom. The first-order valence-electron chi connectivity index (χ1n) is 9.52. The van der Waals surface area contributed by atoms with Crippen molar-refractivity contribution >= 4 is 33.6 Å². The van der Waals surface area contributed by atoms with Crippen LogP contribution in [0.1, 0.15) is 17.5 Å². The van der Waals surface area contributed by atoms with E-state index in [-0.39, 0.29) is 23.9 Å². The molecule has 0 aliphatic heterocycles. The molecule has 12 heteroatoms. The van der Waals surface area contributed by atoms with Crippen LogP contribution in [0.4, 0.5) is 0 Å². The fourth-order valence-corrected chi connectivity index (χ4v) is 4.00. The minimum absolute atomic E-state index is 0.0478. The molecule has 0 aliphatic rings. The Hall–Kier alpha value is -3.02. The van der Waals surface area contributed by atoms with Crippen molar-refractivity contribution in [1.82, 2.24) is 4.72 Å². The number of aryl methyl sites for hydroxylation is 1. The van der Waals surface area contributed by atoms with Crippen LogP contribution in [0.15, 0.2) is 52.5 Å². The highest BCUT2D eigenvalue weighted by Crippen LogP contribution is 2.20. The lowest BCUT2D eigenvalue weighted by Crippen LogP contribution is -2.42. The molecule has 0 saturated heterocycles. The summed E-state index contributed by atoms with van der Waals surface area (Å²) in [7, 11) is -4.05. The number of halogens is 1. The van der Waals surface area contributed by atoms with Crippen LogP contribution in [0.5, 0.6) is 5.75 Å². The smallest absolute Gasteiger partial charge is 0.322 e. The number of guanidine groups is 1. The average molecular weight is 485 g/mol. The van der Waals surface area contributed by atoms with Gasteiger partial charge in [-0.25, -0.2) is 8.42 Å². The highest BCUT2D eigenvalue weighted by Gasteiger charge is 2.26. The largest absolute Gasteiger partial charge is 0.493 e. The summed E-state index contributed by atoms with van der Waals surface area (Å²) in [6, 6.07) is 9.49. The summed E-state index contributed by atoms with van der Waals surface area (Å²) in [4.78, 5) is 16.4. The third-order valence-electron chi connectivity index (χ3n) is 4.22. The van der Waals surface area contributed by atoms with Crippen molar-refractivity contribution in [2.45, 2.75) is 30.7 Å². The number of rotatable bonds is 12. The summed E-state index contributed by atoms with van der Waals surface area (Å²) >= 11 is 5.93. The third kappa shape index (κ3) is 7.91. The number of carboxylic acid groups (broad SMARTS) is 1. The van der Waals surface area contributed by atoms with Gasteiger partial charge in [0.1, 0.15) is 18.4 Å². The number of nitrogens with one attached hydrogen (secondary N) is 1. The quantitative estimate of drug-likeness (QED) is 0.152. The SMILES string of the molecule is Cc1cc(S(=O)(=O)N[C@@H](Cc2ccc(OCCCON=C(N)N)cc2)C(=O)O)ccc1Cl. The molecule has 0 unspecified atom stereocenters. The first-order valence-corrected chi connectivity index (χ1v) is 11.4. The Bertz CT molecular complexity index is 1060. The molecule has 0 heterocycles. The molecule has 0 fully saturated rings. The van der Waals surface area contributed by atoms with E-state index in [2.05, 4.69) is 9.88 Å². The Balaban J connectivity index is 1.95. The van der Waals surface area contributed by atoms with E-state index in [1.54, 1.807) is 31.2 Å². The van der Waals surface area contributed by atoms with E-state index in [1.165, 1.54) is 18.2 Å². The summed E-state index contributed by atoms with van der Waals surface area (Å²) in [6.45, 7) is 2.30. The lowest BCUT2D eigenvalue weighted by molar-refractivity contribution is -0.138. The number of sulfonamides is 1. The number of ether oxygens (including phenoxy) is 1. The van der Waals surface area contributed by atoms with Crippen molar-refractivity contribution in [1.29, 1.82) is 0 Å². The van der Waals surface area contributed by atoms with Crippen LogP contribution in [0, 0.1) is 6.92 Å². The zero-order chi connectivity index (χ0) is 23.7. The predicted molar refractivity (Wildman–Crippen MR) is 120 cm³/mol. The van der Waals surface area contributed by atoms with Crippen molar-refractivity contribution in [3.05, 3.63) is 58.6 Å². The zero-order valence-corrected chi connectivity index (χ0v) is 18.9. The number of nitrogens with zero attached hydrogens (tertiary/aromatic N) is 1. The van der Waals surface area contributed by atoms with Crippen LogP contribution in [0.2, 0.25) is 5.02 Å². The van der Waals surface area contributed by atoms with Crippen LogP contribution >= 0.6 is 11.6 Å². The molecule has 1 atom stereocenters. The summed E-state index contributed by atoms with van der Waals surface area (Å²) in [6.07, 6.45) is 0.499. The molecular weight excluding hydrogens is 460 g/mol. The minimum Gasteiger partial charge on any atom is -0.493 e. The van der Waals surface area contributed by atoms with E-state index in [0.717, 1.165) is 0 Å². The maximum absolute atomic E-state index is 12.6. The number of aliphatic carboxylic acids is 1. The van der Waals surface area contributed by atoms with Crippen molar-refractivity contribution < 1.29 is 27.9 Å². The Labute approximate surface area is 191 Å². The number of hydrogen-bond donors (Lipinski definition) is 4. The molecule has 0 amide bonds. The van der Waals surface area contributed by atoms with Gasteiger partial charge in [0.05, 0.1) is 11.5 Å². The number of hydrogen-bond acceptors (Lipinski definition) is 6. The second-order valence-electron chi connectivity index (χ2n) is 6.82. The van der Waals surface area contributed by atoms with Crippen LogP contribution in [0.25, 0.3) is 0 Å². The molecule has 2 rings (SSSR count). The average Bonchev–Trinajstić information content (AvgIpc) is 2.72. The van der Waals surface area contributed by atoms with Crippen molar-refractivity contribution in [3.8, 4) is 5.75 Å². The summed E-state index contributed by atoms with van der Waals surface area (Å²) < 4.78 is 33.0. The summed E-state index contributed by atoms with van der Waals surface area (Å²) in [5, 5.41) is 13.3. The third-order valence-corrected chi connectivity index (χ3v) is 6.11. The number of nitrogens with two attached hydrogens (primary N) is 2. The zero-order valence-electron chi connectivity index (χ0n) is 17.3. The van der Waals surface area contributed by atoms with E-state index < -0.39 is 22.0 Å². The Kier molecular flexibility index (Phi) is 9.12. The van der Waals surface area contributed by atoms with E-state index >= 15 is 0 Å². The molecule has 2 aromatic carbocycles. The molecule has 0 radical (unpaired) electrons. The van der Waals surface area contributed by atoms with Gasteiger partial charge in [-0.3, -0.25) is 4.79 Å². The van der Waals surface area contributed by atoms with Crippen molar-refractivity contribution in [2.24, 2.45) is 16.6 Å². The molecule has 0 saturated carbocycles. The molecule has 0 aromatic heterocycles. The monoisotopic (exact) mass is 484 g/mol. The van der Waals surface area contributed by atoms with Crippen LogP contribution in [-0.4, -0.2) is 44.7 Å². The number of carboxylic acids is 1. The lowest BCUT2D eigenvalue weighted by atomic mass is 10.1. The fourth-order valence-electron chi connectivity index (χ4n) is 2.61. The molecule has 2 aromatic rings. The maximum Gasteiger partial charge on any atom is 0.322 e. The van der Waals surface area contributed by atoms with Gasteiger partial charge < -0.3 is 26.1 Å². The number of oxime groups is 1. The van der Waals surface area contributed by atoms with Crippen molar-refractivity contribution in [2.75, 3.05) is 13.2 Å². The first kappa shape index (κ1) is 25.2. The number of benzene rings is 2. The lowest BCUT2D eigenvalue weighted by Gasteiger charge is -2.16. The highest BCUT2D eigenvalue weighted by atomic mass is 35.5. The van der Waals surface area contributed by atoms with Crippen molar-refractivity contribution in [3.63, 3.8) is 0 Å². The second kappa shape index (κ2) is 11.6. The first-order chi connectivity index (χ1) is 15.1. The van der Waals surface area contributed by atoms with Crippen LogP contribution in [0.3, 0.4) is 0 Å². The Morgan fingerprint density at radius 3 is 2.47 bits per heavy atom. The van der Waals surface area contributed by atoms with Gasteiger partial charge in [0, 0.05) is 11.4 Å². The molecular formula is C20H25ClN4O6S. The molecule has 0 aliphatic carbocycles. The molecule has 174 valence electrons. The summed E-state index contributed by atoms with van der Waals surface area (Å²) in [5.41, 5.74) is 11.5. The normalized spacial score (nSPS) is 12.1. The molecule has 6 N–H and O–H groups in total. The van der Waals surface area contributed by atoms with Gasteiger partial charge in [0.15, 0.2) is 0 Å². The van der Waals surface area contributed by atoms with E-state index in [0.29, 0.717) is 34.9 Å². The fraction of sp³-hybridized carbons (Fsp3) is 0.300. The van der Waals surface area contributed by atoms with E-state index in [9.17, 15) is 18.3 Å². The van der Waals surface area contributed by atoms with Crippen LogP contribution in [-0.2, 0) is 26.1 Å². The minimum atomic E-state index is -4.05. The van der Waals surface area contributed by atoms with E-state index in [4.69, 9.17) is 32.6 Å². The van der Waals surface area contributed by atoms with Gasteiger partial charge >= 0.3 is 5.97 Å². The van der Waals surface area contributed by atoms with Gasteiger partial charge in [-0.2, -0.15) is 4.72 Å². The van der Waals surface area contributed by atoms with Gasteiger partial charge in [-0.1, -0.05) is 23.7 Å². The van der Waals surface area contributed by atoms with E-state index in [1.807, 2.05) is 0 Å². The molecule has 32 heavy (non-hydrogen) atoms. The molecule has 0 bridgehead atoms. The molecule has 10 nitrogen and oxygen atoms in total. The van der Waals surface area contributed by atoms with Crippen LogP contribution < -0.4 is 20.9 Å². The van der Waals surface area contributed by atoms with Gasteiger partial charge in [0.2, 0.25) is 16.0 Å². The second-order valence-corrected chi connectivity index (χ2v) is 8.94. The highest BCUT2D eigenvalue weighted by molar-refractivity contribution is 7.89.